The first kappa shape index (κ1) is 9.19. The second-order valence-electron chi connectivity index (χ2n) is 4.19. The van der Waals surface area contributed by atoms with E-state index in [9.17, 15) is 0 Å². The van der Waals surface area contributed by atoms with Crippen LogP contribution in [0.2, 0.25) is 0 Å². The summed E-state index contributed by atoms with van der Waals surface area (Å²) in [7, 11) is 0. The van der Waals surface area contributed by atoms with Gasteiger partial charge < -0.3 is 4.74 Å². The molecule has 0 spiro atoms. The number of para-hydroxylation sites is 1. The molecule has 3 nitrogen and oxygen atoms in total. The molecule has 0 bridgehead atoms. The highest BCUT2D eigenvalue weighted by molar-refractivity contribution is 5.35. The molecule has 0 aliphatic carbocycles. The fraction of sp³-hybridized carbons (Fsp3) is 0.500. The lowest BCUT2D eigenvalue weighted by atomic mass is 10.0. The van der Waals surface area contributed by atoms with Gasteiger partial charge in [-0.3, -0.25) is 10.6 Å². The summed E-state index contributed by atoms with van der Waals surface area (Å²) >= 11 is 0. The minimum atomic E-state index is 0.280. The predicted octanol–water partition coefficient (Wildman–Crippen LogP) is 0.899. The monoisotopic (exact) mass is 204 g/mol. The van der Waals surface area contributed by atoms with Crippen LogP contribution in [0, 0.1) is 0 Å². The second-order valence-corrected chi connectivity index (χ2v) is 4.19. The zero-order valence-corrected chi connectivity index (χ0v) is 8.70. The summed E-state index contributed by atoms with van der Waals surface area (Å²) in [6, 6.07) is 8.34. The molecular weight excluding hydrogens is 188 g/mol. The predicted molar refractivity (Wildman–Crippen MR) is 59.0 cm³/mol. The maximum Gasteiger partial charge on any atom is 0.127 e. The van der Waals surface area contributed by atoms with Crippen LogP contribution in [0.15, 0.2) is 24.3 Å². The van der Waals surface area contributed by atoms with Crippen LogP contribution >= 0.6 is 0 Å². The average Bonchev–Trinajstić information content (AvgIpc) is 2.82. The Kier molecular flexibility index (Phi) is 2.35. The number of rotatable bonds is 1. The summed E-state index contributed by atoms with van der Waals surface area (Å²) in [4.78, 5) is 0. The second kappa shape index (κ2) is 3.83. The van der Waals surface area contributed by atoms with E-state index in [1.165, 1.54) is 5.56 Å². The van der Waals surface area contributed by atoms with Crippen molar-refractivity contribution in [3.8, 4) is 5.75 Å². The van der Waals surface area contributed by atoms with Gasteiger partial charge in [0.25, 0.3) is 0 Å². The number of aryl methyl sites for hydroxylation is 1. The highest BCUT2D eigenvalue weighted by Crippen LogP contribution is 2.28. The Bertz CT molecular complexity index is 347. The van der Waals surface area contributed by atoms with E-state index in [1.807, 2.05) is 6.07 Å². The van der Waals surface area contributed by atoms with E-state index in [-0.39, 0.29) is 6.10 Å². The molecule has 0 saturated carbocycles. The molecule has 1 saturated heterocycles. The Hall–Kier alpha value is -1.06. The maximum atomic E-state index is 5.99. The van der Waals surface area contributed by atoms with Crippen molar-refractivity contribution < 1.29 is 4.74 Å². The SMILES string of the molecule is c1ccc2c(c1)CCC(C1NCCN1)O2. The average molecular weight is 204 g/mol. The van der Waals surface area contributed by atoms with Crippen molar-refractivity contribution in [2.75, 3.05) is 13.1 Å². The lowest BCUT2D eigenvalue weighted by Gasteiger charge is -2.30. The summed E-state index contributed by atoms with van der Waals surface area (Å²) in [6.07, 6.45) is 2.84. The van der Waals surface area contributed by atoms with Crippen molar-refractivity contribution in [1.82, 2.24) is 10.6 Å². The zero-order valence-electron chi connectivity index (χ0n) is 8.70. The van der Waals surface area contributed by atoms with Crippen LogP contribution in [0.25, 0.3) is 0 Å². The Morgan fingerprint density at radius 2 is 1.93 bits per heavy atom. The molecule has 1 unspecified atom stereocenters. The molecule has 2 aliphatic rings. The molecule has 1 aromatic carbocycles. The molecule has 80 valence electrons. The molecule has 2 heterocycles. The largest absolute Gasteiger partial charge is 0.487 e. The number of fused-ring (bicyclic) bond motifs is 1. The van der Waals surface area contributed by atoms with Crippen LogP contribution in [0.4, 0.5) is 0 Å². The lowest BCUT2D eigenvalue weighted by Crippen LogP contribution is -2.47. The molecule has 3 rings (SSSR count). The van der Waals surface area contributed by atoms with Crippen LogP contribution in [-0.4, -0.2) is 25.4 Å². The number of hydrogen-bond donors (Lipinski definition) is 2. The van der Waals surface area contributed by atoms with Crippen molar-refractivity contribution in [3.63, 3.8) is 0 Å². The highest BCUT2D eigenvalue weighted by atomic mass is 16.5. The standard InChI is InChI=1S/C12H16N2O/c1-2-4-10-9(3-1)5-6-11(15-10)12-13-7-8-14-12/h1-4,11-14H,5-8H2. The topological polar surface area (TPSA) is 33.3 Å². The van der Waals surface area contributed by atoms with Crippen molar-refractivity contribution in [1.29, 1.82) is 0 Å². The van der Waals surface area contributed by atoms with Gasteiger partial charge in [-0.2, -0.15) is 0 Å². The summed E-state index contributed by atoms with van der Waals surface area (Å²) in [5.74, 6) is 1.06. The van der Waals surface area contributed by atoms with Crippen LogP contribution in [0.1, 0.15) is 12.0 Å². The molecule has 1 aromatic rings. The quantitative estimate of drug-likeness (QED) is 0.713. The van der Waals surface area contributed by atoms with E-state index in [4.69, 9.17) is 4.74 Å². The third-order valence-corrected chi connectivity index (χ3v) is 3.17. The Labute approximate surface area is 89.8 Å². The van der Waals surface area contributed by atoms with E-state index >= 15 is 0 Å². The van der Waals surface area contributed by atoms with E-state index in [0.717, 1.165) is 31.7 Å². The van der Waals surface area contributed by atoms with E-state index < -0.39 is 0 Å². The summed E-state index contributed by atoms with van der Waals surface area (Å²) in [5.41, 5.74) is 1.34. The summed E-state index contributed by atoms with van der Waals surface area (Å²) in [5, 5.41) is 6.84. The van der Waals surface area contributed by atoms with Gasteiger partial charge in [0, 0.05) is 13.1 Å². The maximum absolute atomic E-state index is 5.99. The zero-order chi connectivity index (χ0) is 10.1. The minimum absolute atomic E-state index is 0.280. The first-order chi connectivity index (χ1) is 7.43. The number of benzene rings is 1. The van der Waals surface area contributed by atoms with Gasteiger partial charge in [-0.1, -0.05) is 18.2 Å². The fourth-order valence-corrected chi connectivity index (χ4v) is 2.37. The molecule has 0 amide bonds. The molecule has 2 N–H and O–H groups in total. The van der Waals surface area contributed by atoms with Crippen molar-refractivity contribution in [2.24, 2.45) is 0 Å². The van der Waals surface area contributed by atoms with Crippen molar-refractivity contribution >= 4 is 0 Å². The molecule has 1 atom stereocenters. The normalized spacial score (nSPS) is 26.0. The molecule has 0 radical (unpaired) electrons. The van der Waals surface area contributed by atoms with Gasteiger partial charge in [0.2, 0.25) is 0 Å². The highest BCUT2D eigenvalue weighted by Gasteiger charge is 2.28. The number of hydrogen-bond acceptors (Lipinski definition) is 3. The lowest BCUT2D eigenvalue weighted by molar-refractivity contribution is 0.128. The summed E-state index contributed by atoms with van der Waals surface area (Å²) in [6.45, 7) is 2.10. The number of nitrogens with one attached hydrogen (secondary N) is 2. The van der Waals surface area contributed by atoms with E-state index in [2.05, 4.69) is 28.8 Å². The van der Waals surface area contributed by atoms with Gasteiger partial charge >= 0.3 is 0 Å². The van der Waals surface area contributed by atoms with Crippen LogP contribution < -0.4 is 15.4 Å². The van der Waals surface area contributed by atoms with E-state index in [1.54, 1.807) is 0 Å². The first-order valence-electron chi connectivity index (χ1n) is 5.65. The molecular formula is C12H16N2O. The molecule has 15 heavy (non-hydrogen) atoms. The van der Waals surface area contributed by atoms with Crippen LogP contribution in [-0.2, 0) is 6.42 Å². The van der Waals surface area contributed by atoms with Gasteiger partial charge in [0.15, 0.2) is 0 Å². The van der Waals surface area contributed by atoms with Crippen molar-refractivity contribution in [3.05, 3.63) is 29.8 Å². The third kappa shape index (κ3) is 1.73. The van der Waals surface area contributed by atoms with Crippen LogP contribution in [0.5, 0.6) is 5.75 Å². The van der Waals surface area contributed by atoms with Gasteiger partial charge in [-0.25, -0.2) is 0 Å². The third-order valence-electron chi connectivity index (χ3n) is 3.17. The fourth-order valence-electron chi connectivity index (χ4n) is 2.37. The van der Waals surface area contributed by atoms with E-state index in [0.29, 0.717) is 6.17 Å². The van der Waals surface area contributed by atoms with Crippen molar-refractivity contribution in [2.45, 2.75) is 25.1 Å². The molecule has 0 aromatic heterocycles. The van der Waals surface area contributed by atoms with Crippen LogP contribution in [0.3, 0.4) is 0 Å². The molecule has 3 heteroatoms. The Morgan fingerprint density at radius 3 is 2.80 bits per heavy atom. The Morgan fingerprint density at radius 1 is 1.13 bits per heavy atom. The van der Waals surface area contributed by atoms with Gasteiger partial charge in [0.1, 0.15) is 11.9 Å². The molecule has 1 fully saturated rings. The molecule has 2 aliphatic heterocycles. The van der Waals surface area contributed by atoms with Gasteiger partial charge in [0.05, 0.1) is 6.17 Å². The summed E-state index contributed by atoms with van der Waals surface area (Å²) < 4.78 is 5.99. The number of ether oxygens (including phenoxy) is 1. The van der Waals surface area contributed by atoms with Gasteiger partial charge in [-0.05, 0) is 24.5 Å². The van der Waals surface area contributed by atoms with Gasteiger partial charge in [-0.15, -0.1) is 0 Å². The first-order valence-corrected chi connectivity index (χ1v) is 5.65. The minimum Gasteiger partial charge on any atom is -0.487 e. The Balaban J connectivity index is 1.76. The smallest absolute Gasteiger partial charge is 0.127 e.